The van der Waals surface area contributed by atoms with Gasteiger partial charge in [-0.2, -0.15) is 11.8 Å². The fourth-order valence-corrected chi connectivity index (χ4v) is 4.32. The summed E-state index contributed by atoms with van der Waals surface area (Å²) >= 11 is 1.96. The van der Waals surface area contributed by atoms with E-state index in [2.05, 4.69) is 29.3 Å². The fraction of sp³-hybridized carbons (Fsp3) is 0.611. The number of thioether (sulfide) groups is 1. The van der Waals surface area contributed by atoms with Crippen molar-refractivity contribution in [1.29, 1.82) is 0 Å². The highest BCUT2D eigenvalue weighted by molar-refractivity contribution is 7.99. The van der Waals surface area contributed by atoms with Crippen LogP contribution in [0.1, 0.15) is 31.4 Å². The van der Waals surface area contributed by atoms with Crippen LogP contribution in [0, 0.1) is 0 Å². The lowest BCUT2D eigenvalue weighted by atomic mass is 10.0. The Labute approximate surface area is 143 Å². The van der Waals surface area contributed by atoms with E-state index in [0.717, 1.165) is 49.6 Å². The molecular weight excluding hydrogens is 308 g/mol. The van der Waals surface area contributed by atoms with Gasteiger partial charge in [0.2, 0.25) is 5.91 Å². The van der Waals surface area contributed by atoms with Crippen molar-refractivity contribution in [2.75, 3.05) is 31.2 Å². The van der Waals surface area contributed by atoms with Crippen LogP contribution in [-0.2, 0) is 9.53 Å². The van der Waals surface area contributed by atoms with E-state index in [9.17, 15) is 4.79 Å². The van der Waals surface area contributed by atoms with Crippen molar-refractivity contribution >= 4 is 17.7 Å². The molecule has 0 aliphatic carbocycles. The Balaban J connectivity index is 1.72. The lowest BCUT2D eigenvalue weighted by Crippen LogP contribution is -2.49. The Morgan fingerprint density at radius 3 is 2.70 bits per heavy atom. The van der Waals surface area contributed by atoms with Gasteiger partial charge in [-0.15, -0.1) is 0 Å². The second-order valence-corrected chi connectivity index (χ2v) is 7.54. The standard InChI is InChI=1S/C18H26N2O2S/c1-14(16-8-5-11-22-16)19-18(21)17(15-6-3-2-4-7-15)20-9-12-23-13-10-20/h2-4,6-7,14,16-17H,5,8-13H2,1H3,(H,19,21)/t14-,16-,17+/m0/s1. The van der Waals surface area contributed by atoms with Crippen LogP contribution in [0.25, 0.3) is 0 Å². The maximum atomic E-state index is 13.0. The number of carbonyl (C=O) groups is 1. The van der Waals surface area contributed by atoms with E-state index >= 15 is 0 Å². The lowest BCUT2D eigenvalue weighted by Gasteiger charge is -2.34. The molecule has 5 heteroatoms. The van der Waals surface area contributed by atoms with Crippen LogP contribution in [-0.4, -0.2) is 54.2 Å². The predicted octanol–water partition coefficient (Wildman–Crippen LogP) is 2.46. The number of nitrogens with one attached hydrogen (secondary N) is 1. The van der Waals surface area contributed by atoms with Crippen molar-refractivity contribution in [3.8, 4) is 0 Å². The van der Waals surface area contributed by atoms with Crippen LogP contribution in [0.3, 0.4) is 0 Å². The Kier molecular flexibility index (Phi) is 5.97. The molecule has 4 nitrogen and oxygen atoms in total. The molecule has 3 atom stereocenters. The number of hydrogen-bond acceptors (Lipinski definition) is 4. The molecule has 3 rings (SSSR count). The van der Waals surface area contributed by atoms with E-state index in [1.165, 1.54) is 0 Å². The van der Waals surface area contributed by atoms with Crippen molar-refractivity contribution in [2.24, 2.45) is 0 Å². The minimum Gasteiger partial charge on any atom is -0.376 e. The lowest BCUT2D eigenvalue weighted by molar-refractivity contribution is -0.128. The summed E-state index contributed by atoms with van der Waals surface area (Å²) < 4.78 is 5.71. The SMILES string of the molecule is C[C@H](NC(=O)[C@@H](c1ccccc1)N1CCSCC1)[C@@H]1CCCO1. The Hall–Kier alpha value is -1.04. The highest BCUT2D eigenvalue weighted by atomic mass is 32.2. The normalized spacial score (nSPS) is 25.0. The average molecular weight is 334 g/mol. The molecule has 23 heavy (non-hydrogen) atoms. The van der Waals surface area contributed by atoms with Gasteiger partial charge in [0.25, 0.3) is 0 Å². The summed E-state index contributed by atoms with van der Waals surface area (Å²) in [5.74, 6) is 2.29. The van der Waals surface area contributed by atoms with Crippen molar-refractivity contribution in [3.05, 3.63) is 35.9 Å². The van der Waals surface area contributed by atoms with Crippen LogP contribution in [0.4, 0.5) is 0 Å². The first-order valence-corrected chi connectivity index (χ1v) is 9.70. The number of rotatable bonds is 5. The summed E-state index contributed by atoms with van der Waals surface area (Å²) in [5.41, 5.74) is 1.08. The number of benzene rings is 1. The molecule has 0 aromatic heterocycles. The van der Waals surface area contributed by atoms with Gasteiger partial charge in [-0.1, -0.05) is 30.3 Å². The van der Waals surface area contributed by atoms with Crippen molar-refractivity contribution in [3.63, 3.8) is 0 Å². The van der Waals surface area contributed by atoms with Crippen molar-refractivity contribution in [2.45, 2.75) is 38.0 Å². The summed E-state index contributed by atoms with van der Waals surface area (Å²) in [6, 6.07) is 10.0. The first-order chi connectivity index (χ1) is 11.3. The van der Waals surface area contributed by atoms with Gasteiger partial charge in [0, 0.05) is 31.2 Å². The molecule has 126 valence electrons. The minimum atomic E-state index is -0.194. The van der Waals surface area contributed by atoms with Crippen molar-refractivity contribution in [1.82, 2.24) is 10.2 Å². The molecule has 1 aromatic rings. The highest BCUT2D eigenvalue weighted by Gasteiger charge is 2.31. The van der Waals surface area contributed by atoms with Crippen molar-refractivity contribution < 1.29 is 9.53 Å². The van der Waals surface area contributed by atoms with Gasteiger partial charge in [-0.3, -0.25) is 9.69 Å². The topological polar surface area (TPSA) is 41.6 Å². The zero-order chi connectivity index (χ0) is 16.1. The van der Waals surface area contributed by atoms with Gasteiger partial charge >= 0.3 is 0 Å². The van der Waals surface area contributed by atoms with E-state index in [1.54, 1.807) is 0 Å². The van der Waals surface area contributed by atoms with E-state index < -0.39 is 0 Å². The maximum Gasteiger partial charge on any atom is 0.242 e. The largest absolute Gasteiger partial charge is 0.376 e. The third kappa shape index (κ3) is 4.28. The average Bonchev–Trinajstić information content (AvgIpc) is 3.12. The third-order valence-corrected chi connectivity index (χ3v) is 5.61. The first-order valence-electron chi connectivity index (χ1n) is 8.54. The summed E-state index contributed by atoms with van der Waals surface area (Å²) in [6.07, 6.45) is 2.29. The quantitative estimate of drug-likeness (QED) is 0.898. The zero-order valence-corrected chi connectivity index (χ0v) is 14.6. The Bertz CT molecular complexity index is 499. The molecule has 2 aliphatic heterocycles. The molecular formula is C18H26N2O2S. The van der Waals surface area contributed by atoms with Crippen LogP contribution < -0.4 is 5.32 Å². The van der Waals surface area contributed by atoms with Gasteiger partial charge < -0.3 is 10.1 Å². The van der Waals surface area contributed by atoms with Crippen LogP contribution in [0.5, 0.6) is 0 Å². The predicted molar refractivity (Wildman–Crippen MR) is 94.7 cm³/mol. The molecule has 0 radical (unpaired) electrons. The second-order valence-electron chi connectivity index (χ2n) is 6.31. The molecule has 0 bridgehead atoms. The zero-order valence-electron chi connectivity index (χ0n) is 13.7. The number of nitrogens with zero attached hydrogens (tertiary/aromatic N) is 1. The molecule has 2 saturated heterocycles. The Morgan fingerprint density at radius 1 is 1.30 bits per heavy atom. The summed E-state index contributed by atoms with van der Waals surface area (Å²) in [7, 11) is 0. The molecule has 1 aromatic carbocycles. The van der Waals surface area contributed by atoms with Gasteiger partial charge in [0.05, 0.1) is 12.1 Å². The summed E-state index contributed by atoms with van der Waals surface area (Å²) in [5, 5.41) is 3.21. The molecule has 2 aliphatic rings. The molecule has 0 spiro atoms. The van der Waals surface area contributed by atoms with Gasteiger partial charge in [-0.05, 0) is 25.3 Å². The van der Waals surface area contributed by atoms with Gasteiger partial charge in [-0.25, -0.2) is 0 Å². The third-order valence-electron chi connectivity index (χ3n) is 4.67. The first kappa shape index (κ1) is 16.8. The Morgan fingerprint density at radius 2 is 2.04 bits per heavy atom. The smallest absolute Gasteiger partial charge is 0.242 e. The number of ether oxygens (including phenoxy) is 1. The minimum absolute atomic E-state index is 0.0652. The number of carbonyl (C=O) groups excluding carboxylic acids is 1. The van der Waals surface area contributed by atoms with Gasteiger partial charge in [0.15, 0.2) is 0 Å². The molecule has 0 saturated carbocycles. The summed E-state index contributed by atoms with van der Waals surface area (Å²) in [6.45, 7) is 4.80. The molecule has 2 fully saturated rings. The van der Waals surface area contributed by atoms with Gasteiger partial charge in [0.1, 0.15) is 6.04 Å². The maximum absolute atomic E-state index is 13.0. The highest BCUT2D eigenvalue weighted by Crippen LogP contribution is 2.25. The molecule has 0 unspecified atom stereocenters. The van der Waals surface area contributed by atoms with E-state index in [4.69, 9.17) is 4.74 Å². The van der Waals surface area contributed by atoms with E-state index in [-0.39, 0.29) is 24.1 Å². The molecule has 1 N–H and O–H groups in total. The van der Waals surface area contributed by atoms with E-state index in [0.29, 0.717) is 0 Å². The van der Waals surface area contributed by atoms with Crippen LogP contribution in [0.2, 0.25) is 0 Å². The van der Waals surface area contributed by atoms with E-state index in [1.807, 2.05) is 30.0 Å². The number of amides is 1. The van der Waals surface area contributed by atoms with Crippen LogP contribution in [0.15, 0.2) is 30.3 Å². The van der Waals surface area contributed by atoms with Crippen LogP contribution >= 0.6 is 11.8 Å². The molecule has 1 amide bonds. The monoisotopic (exact) mass is 334 g/mol. The second kappa shape index (κ2) is 8.18. The summed E-state index contributed by atoms with van der Waals surface area (Å²) in [4.78, 5) is 15.3. The molecule has 2 heterocycles. The fourth-order valence-electron chi connectivity index (χ4n) is 3.39. The number of hydrogen-bond donors (Lipinski definition) is 1.